The van der Waals surface area contributed by atoms with Gasteiger partial charge in [-0.15, -0.1) is 0 Å². The van der Waals surface area contributed by atoms with E-state index in [1.807, 2.05) is 20.1 Å². The maximum Gasteiger partial charge on any atom is 0.381 e. The van der Waals surface area contributed by atoms with Gasteiger partial charge in [0.2, 0.25) is 6.33 Å². The van der Waals surface area contributed by atoms with Crippen molar-refractivity contribution in [3.63, 3.8) is 0 Å². The fourth-order valence-corrected chi connectivity index (χ4v) is 2.42. The second-order valence-electron chi connectivity index (χ2n) is 4.52. The molecule has 0 saturated heterocycles. The van der Waals surface area contributed by atoms with Gasteiger partial charge in [-0.25, -0.2) is 0 Å². The minimum Gasteiger partial charge on any atom is -0.411 e. The van der Waals surface area contributed by atoms with Crippen molar-refractivity contribution < 1.29 is 10.1 Å². The molecule has 0 saturated carbocycles. The molecule has 0 radical (unpaired) electrons. The van der Waals surface area contributed by atoms with Gasteiger partial charge in [-0.05, 0) is 16.2 Å². The van der Waals surface area contributed by atoms with Crippen molar-refractivity contribution in [2.45, 2.75) is 20.4 Å². The lowest BCUT2D eigenvalue weighted by Crippen LogP contribution is -2.30. The van der Waals surface area contributed by atoms with Gasteiger partial charge < -0.3 is 19.9 Å². The van der Waals surface area contributed by atoms with Crippen molar-refractivity contribution in [1.29, 1.82) is 0 Å². The van der Waals surface area contributed by atoms with Crippen molar-refractivity contribution in [3.8, 4) is 0 Å². The van der Waals surface area contributed by atoms with Gasteiger partial charge in [-0.2, -0.15) is 11.8 Å². The molecule has 100 valence electrons. The molecular formula is C10H16N4O3S. The molecule has 0 bridgehead atoms. The molecule has 1 aromatic rings. The van der Waals surface area contributed by atoms with Gasteiger partial charge in [-0.1, -0.05) is 19.0 Å². The molecular weight excluding hydrogens is 256 g/mol. The highest BCUT2D eigenvalue weighted by Crippen LogP contribution is 2.23. The zero-order valence-electron chi connectivity index (χ0n) is 10.5. The molecule has 0 aromatic carbocycles. The molecule has 7 nitrogen and oxygen atoms in total. The highest BCUT2D eigenvalue weighted by Gasteiger charge is 2.26. The first kappa shape index (κ1) is 14.5. The van der Waals surface area contributed by atoms with Gasteiger partial charge in [0.15, 0.2) is 0 Å². The van der Waals surface area contributed by atoms with E-state index in [2.05, 4.69) is 10.1 Å². The molecule has 1 heterocycles. The first-order valence-electron chi connectivity index (χ1n) is 5.27. The Hall–Kier alpha value is -1.57. The molecule has 0 spiro atoms. The van der Waals surface area contributed by atoms with Crippen LogP contribution in [0.3, 0.4) is 0 Å². The topological polar surface area (TPSA) is 93.5 Å². The normalized spacial score (nSPS) is 12.7. The van der Waals surface area contributed by atoms with Crippen LogP contribution < -0.4 is 0 Å². The monoisotopic (exact) mass is 272 g/mol. The van der Waals surface area contributed by atoms with Gasteiger partial charge in [0.1, 0.15) is 6.20 Å². The largest absolute Gasteiger partial charge is 0.411 e. The lowest BCUT2D eigenvalue weighted by Gasteiger charge is -2.24. The second-order valence-corrected chi connectivity index (χ2v) is 5.39. The van der Waals surface area contributed by atoms with Crippen molar-refractivity contribution in [1.82, 2.24) is 9.55 Å². The summed E-state index contributed by atoms with van der Waals surface area (Å²) in [7, 11) is 0. The predicted molar refractivity (Wildman–Crippen MR) is 70.3 cm³/mol. The second kappa shape index (κ2) is 5.85. The Morgan fingerprint density at radius 1 is 1.72 bits per heavy atom. The van der Waals surface area contributed by atoms with Crippen LogP contribution in [0.2, 0.25) is 0 Å². The highest BCUT2D eigenvalue weighted by atomic mass is 32.2. The van der Waals surface area contributed by atoms with Crippen LogP contribution in [-0.4, -0.2) is 37.4 Å². The van der Waals surface area contributed by atoms with Crippen molar-refractivity contribution in [2.75, 3.05) is 12.0 Å². The predicted octanol–water partition coefficient (Wildman–Crippen LogP) is 2.01. The summed E-state index contributed by atoms with van der Waals surface area (Å²) in [6.07, 6.45) is 4.65. The van der Waals surface area contributed by atoms with Crippen LogP contribution in [0.25, 0.3) is 0 Å². The van der Waals surface area contributed by atoms with Crippen LogP contribution in [-0.2, 0) is 6.54 Å². The third-order valence-electron chi connectivity index (χ3n) is 2.55. The quantitative estimate of drug-likeness (QED) is 0.370. The lowest BCUT2D eigenvalue weighted by atomic mass is 9.89. The number of nitro groups is 1. The van der Waals surface area contributed by atoms with E-state index >= 15 is 0 Å². The number of rotatable bonds is 6. The standard InChI is InChI=1S/C10H16N4O3S/c1-10(2,6-18-3)8(12-15)4-13-5-9(11-7-13)14(16)17/h5,7,15H,4,6H2,1-3H3/b12-8-. The summed E-state index contributed by atoms with van der Waals surface area (Å²) in [5.41, 5.74) is 0.275. The van der Waals surface area contributed by atoms with E-state index in [0.29, 0.717) is 5.71 Å². The SMILES string of the molecule is CSCC(C)(C)/C(Cn1cnc([N+](=O)[O-])c1)=N\O. The minimum absolute atomic E-state index is 0.213. The summed E-state index contributed by atoms with van der Waals surface area (Å²) in [4.78, 5) is 13.6. The molecule has 1 rings (SSSR count). The molecule has 0 unspecified atom stereocenters. The maximum atomic E-state index is 10.5. The molecule has 0 atom stereocenters. The zero-order chi connectivity index (χ0) is 13.8. The number of thioether (sulfide) groups is 1. The number of imidazole rings is 1. The van der Waals surface area contributed by atoms with Crippen LogP contribution in [0, 0.1) is 15.5 Å². The minimum atomic E-state index is -0.556. The smallest absolute Gasteiger partial charge is 0.381 e. The van der Waals surface area contributed by atoms with Gasteiger partial charge >= 0.3 is 5.82 Å². The van der Waals surface area contributed by atoms with Crippen LogP contribution >= 0.6 is 11.8 Å². The Bertz CT molecular complexity index is 456. The molecule has 18 heavy (non-hydrogen) atoms. The lowest BCUT2D eigenvalue weighted by molar-refractivity contribution is -0.389. The highest BCUT2D eigenvalue weighted by molar-refractivity contribution is 7.98. The van der Waals surface area contributed by atoms with Crippen molar-refractivity contribution in [2.24, 2.45) is 10.6 Å². The summed E-state index contributed by atoms with van der Waals surface area (Å²) in [5.74, 6) is 0.582. The average molecular weight is 272 g/mol. The third kappa shape index (κ3) is 3.46. The Morgan fingerprint density at radius 3 is 2.83 bits per heavy atom. The van der Waals surface area contributed by atoms with Crippen LogP contribution in [0.5, 0.6) is 0 Å². The van der Waals surface area contributed by atoms with E-state index in [0.717, 1.165) is 5.75 Å². The first-order valence-corrected chi connectivity index (χ1v) is 6.66. The number of hydrogen-bond acceptors (Lipinski definition) is 6. The molecule has 0 amide bonds. The Kier molecular flexibility index (Phi) is 4.71. The fraction of sp³-hybridized carbons (Fsp3) is 0.600. The number of aromatic nitrogens is 2. The van der Waals surface area contributed by atoms with Gasteiger partial charge in [0.25, 0.3) is 0 Å². The van der Waals surface area contributed by atoms with Gasteiger partial charge in [0, 0.05) is 11.2 Å². The van der Waals surface area contributed by atoms with E-state index in [4.69, 9.17) is 5.21 Å². The van der Waals surface area contributed by atoms with Gasteiger partial charge in [-0.3, -0.25) is 0 Å². The Labute approximate surface area is 109 Å². The number of nitrogens with zero attached hydrogens (tertiary/aromatic N) is 4. The van der Waals surface area contributed by atoms with Crippen LogP contribution in [0.4, 0.5) is 5.82 Å². The fourth-order valence-electron chi connectivity index (χ4n) is 1.53. The Balaban J connectivity index is 2.83. The van der Waals surface area contributed by atoms with E-state index in [9.17, 15) is 10.1 Å². The summed E-state index contributed by atoms with van der Waals surface area (Å²) >= 11 is 1.65. The maximum absolute atomic E-state index is 10.5. The summed E-state index contributed by atoms with van der Waals surface area (Å²) < 4.78 is 1.54. The summed E-state index contributed by atoms with van der Waals surface area (Å²) in [6.45, 7) is 4.21. The molecule has 1 N–H and O–H groups in total. The van der Waals surface area contributed by atoms with E-state index in [1.54, 1.807) is 11.8 Å². The zero-order valence-corrected chi connectivity index (χ0v) is 11.3. The van der Waals surface area contributed by atoms with Crippen molar-refractivity contribution in [3.05, 3.63) is 22.6 Å². The number of oxime groups is 1. The van der Waals surface area contributed by atoms with E-state index in [1.165, 1.54) is 17.1 Å². The number of hydrogen-bond donors (Lipinski definition) is 1. The molecule has 1 aromatic heterocycles. The summed E-state index contributed by atoms with van der Waals surface area (Å²) in [6, 6.07) is 0. The van der Waals surface area contributed by atoms with E-state index in [-0.39, 0.29) is 17.8 Å². The average Bonchev–Trinajstić information content (AvgIpc) is 2.74. The molecule has 0 aliphatic rings. The van der Waals surface area contributed by atoms with Crippen molar-refractivity contribution >= 4 is 23.3 Å². The molecule has 0 fully saturated rings. The first-order chi connectivity index (χ1) is 8.40. The molecule has 0 aliphatic heterocycles. The van der Waals surface area contributed by atoms with E-state index < -0.39 is 4.92 Å². The Morgan fingerprint density at radius 2 is 2.39 bits per heavy atom. The van der Waals surface area contributed by atoms with Crippen LogP contribution in [0.1, 0.15) is 13.8 Å². The summed E-state index contributed by atoms with van der Waals surface area (Å²) in [5, 5.41) is 22.9. The van der Waals surface area contributed by atoms with Crippen LogP contribution in [0.15, 0.2) is 17.7 Å². The molecule has 0 aliphatic carbocycles. The third-order valence-corrected chi connectivity index (χ3v) is 3.56. The molecule has 8 heteroatoms. The van der Waals surface area contributed by atoms with Gasteiger partial charge in [0.05, 0.1) is 12.3 Å².